The van der Waals surface area contributed by atoms with E-state index in [0.29, 0.717) is 13.0 Å². The molecule has 0 saturated heterocycles. The van der Waals surface area contributed by atoms with E-state index in [1.54, 1.807) is 11.3 Å². The van der Waals surface area contributed by atoms with Crippen molar-refractivity contribution in [2.24, 2.45) is 0 Å². The van der Waals surface area contributed by atoms with Crippen LogP contribution in [0.2, 0.25) is 5.02 Å². The van der Waals surface area contributed by atoms with Crippen LogP contribution in [0.4, 0.5) is 5.69 Å². The van der Waals surface area contributed by atoms with Gasteiger partial charge in [-0.3, -0.25) is 14.9 Å². The molecule has 1 aromatic heterocycles. The summed E-state index contributed by atoms with van der Waals surface area (Å²) in [5.41, 5.74) is 0.858. The number of hydrogen-bond acceptors (Lipinski definition) is 5. The molecule has 0 aliphatic rings. The van der Waals surface area contributed by atoms with Crippen molar-refractivity contribution in [2.45, 2.75) is 6.42 Å². The molecule has 122 valence electrons. The second-order valence-corrected chi connectivity index (χ2v) is 6.52. The summed E-state index contributed by atoms with van der Waals surface area (Å²) >= 11 is 7.53. The lowest BCUT2D eigenvalue weighted by molar-refractivity contribution is -0.384. The maximum absolute atomic E-state index is 12.2. The minimum absolute atomic E-state index is 0.0927. The molecule has 0 bridgehead atoms. The van der Waals surface area contributed by atoms with Gasteiger partial charge in [0.2, 0.25) is 0 Å². The number of nitro benzene ring substituents is 1. The number of rotatable bonds is 5. The number of non-ortho nitro benzene ring substituents is 1. The number of benzene rings is 2. The Kier molecular flexibility index (Phi) is 4.73. The fraction of sp³-hybridized carbons (Fsp3) is 0.125. The van der Waals surface area contributed by atoms with Crippen LogP contribution in [0.25, 0.3) is 10.2 Å². The van der Waals surface area contributed by atoms with E-state index in [2.05, 4.69) is 10.3 Å². The van der Waals surface area contributed by atoms with Gasteiger partial charge in [0.15, 0.2) is 0 Å². The van der Waals surface area contributed by atoms with Crippen LogP contribution in [0.15, 0.2) is 42.5 Å². The van der Waals surface area contributed by atoms with Crippen molar-refractivity contribution in [3.05, 3.63) is 68.2 Å². The molecule has 0 aliphatic carbocycles. The number of thiazole rings is 1. The Morgan fingerprint density at radius 2 is 2.08 bits per heavy atom. The highest BCUT2D eigenvalue weighted by molar-refractivity contribution is 7.18. The summed E-state index contributed by atoms with van der Waals surface area (Å²) in [6.07, 6.45) is 0.581. The minimum atomic E-state index is -0.561. The zero-order chi connectivity index (χ0) is 17.1. The third-order valence-corrected chi connectivity index (χ3v) is 4.79. The summed E-state index contributed by atoms with van der Waals surface area (Å²) in [5, 5.41) is 14.6. The summed E-state index contributed by atoms with van der Waals surface area (Å²) in [6.45, 7) is 0.373. The van der Waals surface area contributed by atoms with Gasteiger partial charge in [0.05, 0.1) is 30.7 Å². The number of carbonyl (C=O) groups excluding carboxylic acids is 1. The number of halogens is 1. The second-order valence-electron chi connectivity index (χ2n) is 5.00. The van der Waals surface area contributed by atoms with Crippen LogP contribution in [-0.4, -0.2) is 22.4 Å². The van der Waals surface area contributed by atoms with Crippen molar-refractivity contribution >= 4 is 44.7 Å². The van der Waals surface area contributed by atoms with Gasteiger partial charge >= 0.3 is 0 Å². The van der Waals surface area contributed by atoms with Gasteiger partial charge in [0.1, 0.15) is 0 Å². The van der Waals surface area contributed by atoms with Gasteiger partial charge in [0.25, 0.3) is 11.6 Å². The summed E-state index contributed by atoms with van der Waals surface area (Å²) in [6, 6.07) is 11.6. The number of para-hydroxylation sites is 1. The molecule has 3 rings (SSSR count). The average molecular weight is 362 g/mol. The third-order valence-electron chi connectivity index (χ3n) is 3.37. The van der Waals surface area contributed by atoms with Gasteiger partial charge in [-0.05, 0) is 18.2 Å². The molecule has 0 fully saturated rings. The van der Waals surface area contributed by atoms with Gasteiger partial charge < -0.3 is 5.32 Å². The van der Waals surface area contributed by atoms with Gasteiger partial charge in [-0.2, -0.15) is 0 Å². The van der Waals surface area contributed by atoms with Crippen molar-refractivity contribution in [3.8, 4) is 0 Å². The van der Waals surface area contributed by atoms with Crippen LogP contribution < -0.4 is 5.32 Å². The fourth-order valence-electron chi connectivity index (χ4n) is 2.21. The number of nitrogens with one attached hydrogen (secondary N) is 1. The number of nitrogens with zero attached hydrogens (tertiary/aromatic N) is 2. The van der Waals surface area contributed by atoms with Gasteiger partial charge in [-0.25, -0.2) is 4.98 Å². The standard InChI is InChI=1S/C16H12ClN3O3S/c17-12-6-5-10(20(22)23)9-11(12)16(21)18-8-7-15-19-13-3-1-2-4-14(13)24-15/h1-6,9H,7-8H2,(H,18,21). The molecular weight excluding hydrogens is 350 g/mol. The molecule has 24 heavy (non-hydrogen) atoms. The molecule has 3 aromatic rings. The molecule has 0 atom stereocenters. The van der Waals surface area contributed by atoms with E-state index in [1.165, 1.54) is 18.2 Å². The fourth-order valence-corrected chi connectivity index (χ4v) is 3.38. The van der Waals surface area contributed by atoms with E-state index in [4.69, 9.17) is 11.6 Å². The predicted octanol–water partition coefficient (Wildman–Crippen LogP) is 3.83. The maximum atomic E-state index is 12.2. The average Bonchev–Trinajstić information content (AvgIpc) is 2.97. The van der Waals surface area contributed by atoms with E-state index in [0.717, 1.165) is 15.2 Å². The Hall–Kier alpha value is -2.51. The van der Waals surface area contributed by atoms with Crippen LogP contribution in [0.3, 0.4) is 0 Å². The molecule has 0 saturated carbocycles. The molecule has 0 aliphatic heterocycles. The Bertz CT molecular complexity index is 893. The first-order valence-corrected chi connectivity index (χ1v) is 8.30. The number of hydrogen-bond donors (Lipinski definition) is 1. The highest BCUT2D eigenvalue weighted by Gasteiger charge is 2.15. The van der Waals surface area contributed by atoms with Crippen LogP contribution in [-0.2, 0) is 6.42 Å². The molecule has 1 N–H and O–H groups in total. The van der Waals surface area contributed by atoms with Crippen LogP contribution in [0.1, 0.15) is 15.4 Å². The lowest BCUT2D eigenvalue weighted by atomic mass is 10.2. The SMILES string of the molecule is O=C(NCCc1nc2ccccc2s1)c1cc([N+](=O)[O-])ccc1Cl. The van der Waals surface area contributed by atoms with Crippen molar-refractivity contribution < 1.29 is 9.72 Å². The Morgan fingerprint density at radius 3 is 2.83 bits per heavy atom. The lowest BCUT2D eigenvalue weighted by Gasteiger charge is -2.05. The monoisotopic (exact) mass is 361 g/mol. The van der Waals surface area contributed by atoms with Crippen LogP contribution in [0, 0.1) is 10.1 Å². The largest absolute Gasteiger partial charge is 0.352 e. The molecular formula is C16H12ClN3O3S. The molecule has 8 heteroatoms. The van der Waals surface area contributed by atoms with Crippen molar-refractivity contribution in [1.29, 1.82) is 0 Å². The quantitative estimate of drug-likeness (QED) is 0.552. The summed E-state index contributed by atoms with van der Waals surface area (Å²) in [4.78, 5) is 26.9. The topological polar surface area (TPSA) is 85.1 Å². The molecule has 1 heterocycles. The zero-order valence-corrected chi connectivity index (χ0v) is 13.9. The van der Waals surface area contributed by atoms with Crippen LogP contribution >= 0.6 is 22.9 Å². The van der Waals surface area contributed by atoms with Crippen molar-refractivity contribution in [1.82, 2.24) is 10.3 Å². The lowest BCUT2D eigenvalue weighted by Crippen LogP contribution is -2.26. The number of fused-ring (bicyclic) bond motifs is 1. The van der Waals surface area contributed by atoms with E-state index >= 15 is 0 Å². The number of carbonyl (C=O) groups is 1. The first kappa shape index (κ1) is 16.4. The minimum Gasteiger partial charge on any atom is -0.352 e. The predicted molar refractivity (Wildman–Crippen MR) is 93.8 cm³/mol. The molecule has 0 spiro atoms. The highest BCUT2D eigenvalue weighted by atomic mass is 35.5. The summed E-state index contributed by atoms with van der Waals surface area (Å²) in [5.74, 6) is -0.440. The Labute approximate surface area is 146 Å². The van der Waals surface area contributed by atoms with E-state index in [1.807, 2.05) is 24.3 Å². The van der Waals surface area contributed by atoms with Crippen molar-refractivity contribution in [3.63, 3.8) is 0 Å². The summed E-state index contributed by atoms with van der Waals surface area (Å²) < 4.78 is 1.10. The van der Waals surface area contributed by atoms with Gasteiger partial charge in [-0.1, -0.05) is 23.7 Å². The number of nitro groups is 1. The first-order valence-electron chi connectivity index (χ1n) is 7.11. The van der Waals surface area contributed by atoms with Crippen LogP contribution in [0.5, 0.6) is 0 Å². The normalized spacial score (nSPS) is 10.7. The molecule has 0 radical (unpaired) electrons. The molecule has 6 nitrogen and oxygen atoms in total. The molecule has 0 unspecified atom stereocenters. The Balaban J connectivity index is 1.65. The Morgan fingerprint density at radius 1 is 1.29 bits per heavy atom. The zero-order valence-electron chi connectivity index (χ0n) is 12.4. The van der Waals surface area contributed by atoms with Crippen molar-refractivity contribution in [2.75, 3.05) is 6.54 Å². The van der Waals surface area contributed by atoms with E-state index in [-0.39, 0.29) is 16.3 Å². The highest BCUT2D eigenvalue weighted by Crippen LogP contribution is 2.23. The smallest absolute Gasteiger partial charge is 0.270 e. The number of amides is 1. The second kappa shape index (κ2) is 6.94. The number of aromatic nitrogens is 1. The summed E-state index contributed by atoms with van der Waals surface area (Å²) in [7, 11) is 0. The first-order chi connectivity index (χ1) is 11.5. The van der Waals surface area contributed by atoms with E-state index in [9.17, 15) is 14.9 Å². The van der Waals surface area contributed by atoms with Gasteiger partial charge in [0, 0.05) is 25.1 Å². The molecule has 1 amide bonds. The molecule has 2 aromatic carbocycles. The third kappa shape index (κ3) is 3.52. The van der Waals surface area contributed by atoms with Gasteiger partial charge in [-0.15, -0.1) is 11.3 Å². The van der Waals surface area contributed by atoms with E-state index < -0.39 is 10.8 Å². The maximum Gasteiger partial charge on any atom is 0.270 e.